The van der Waals surface area contributed by atoms with Crippen LogP contribution in [-0.4, -0.2) is 67.9 Å². The van der Waals surface area contributed by atoms with Crippen LogP contribution in [0.5, 0.6) is 0 Å². The minimum absolute atomic E-state index is 0.0919. The Morgan fingerprint density at radius 3 is 2.42 bits per heavy atom. The number of nitrogens with zero attached hydrogens (tertiary/aromatic N) is 2. The molecule has 3 amide bonds. The molecular formula is C37H39ClN4O7S. The van der Waals surface area contributed by atoms with Gasteiger partial charge in [-0.25, -0.2) is 8.42 Å². The molecule has 13 heteroatoms. The standard InChI is InChI=1S/C37H39ClN4O7S/c1-50(47,48)40-28-13-14-33-30(21-28)32(43)22-34(49-33)36(45)39-31(20-24-9-11-27(38)12-10-24)37(46)41-18-15-25(16-19-41)29-7-3-2-6-26(29)23-42-17-5-4-8-35(42)44/h2-3,6-7,9-14,21-22,25,31,40H,4-5,8,15-20,23H2,1H3,(H,39,45)/t31-/m1/s1. The van der Waals surface area contributed by atoms with Gasteiger partial charge in [-0.3, -0.25) is 23.9 Å². The predicted molar refractivity (Wildman–Crippen MR) is 192 cm³/mol. The summed E-state index contributed by atoms with van der Waals surface area (Å²) in [4.78, 5) is 56.8. The van der Waals surface area contributed by atoms with Crippen molar-refractivity contribution in [1.29, 1.82) is 0 Å². The molecule has 2 N–H and O–H groups in total. The topological polar surface area (TPSA) is 146 Å². The molecule has 2 aliphatic heterocycles. The van der Waals surface area contributed by atoms with Crippen molar-refractivity contribution >= 4 is 56.0 Å². The zero-order valence-electron chi connectivity index (χ0n) is 27.7. The number of fused-ring (bicyclic) bond motifs is 1. The molecule has 2 aliphatic rings. The first-order valence-corrected chi connectivity index (χ1v) is 19.0. The summed E-state index contributed by atoms with van der Waals surface area (Å²) in [5.41, 5.74) is 2.86. The molecule has 0 radical (unpaired) electrons. The van der Waals surface area contributed by atoms with Crippen LogP contribution in [0.2, 0.25) is 5.02 Å². The molecule has 2 saturated heterocycles. The van der Waals surface area contributed by atoms with E-state index in [9.17, 15) is 27.6 Å². The van der Waals surface area contributed by atoms with E-state index in [1.54, 1.807) is 29.2 Å². The Morgan fingerprint density at radius 2 is 1.70 bits per heavy atom. The van der Waals surface area contributed by atoms with Crippen LogP contribution in [0.4, 0.5) is 5.69 Å². The molecule has 4 aromatic rings. The number of rotatable bonds is 10. The highest BCUT2D eigenvalue weighted by Crippen LogP contribution is 2.32. The Bertz CT molecular complexity index is 2080. The monoisotopic (exact) mass is 718 g/mol. The Hall–Kier alpha value is -4.68. The minimum atomic E-state index is -3.57. The third-order valence-electron chi connectivity index (χ3n) is 9.29. The van der Waals surface area contributed by atoms with Crippen molar-refractivity contribution in [3.63, 3.8) is 0 Å². The van der Waals surface area contributed by atoms with Crippen LogP contribution in [0.15, 0.2) is 82.0 Å². The number of carbonyl (C=O) groups is 3. The van der Waals surface area contributed by atoms with Crippen LogP contribution < -0.4 is 15.5 Å². The summed E-state index contributed by atoms with van der Waals surface area (Å²) < 4.78 is 31.4. The van der Waals surface area contributed by atoms with Crippen molar-refractivity contribution in [2.45, 2.75) is 57.0 Å². The van der Waals surface area contributed by atoms with Crippen LogP contribution in [0, 0.1) is 0 Å². The van der Waals surface area contributed by atoms with Crippen LogP contribution in [-0.2, 0) is 32.6 Å². The van der Waals surface area contributed by atoms with Crippen molar-refractivity contribution in [1.82, 2.24) is 15.1 Å². The smallest absolute Gasteiger partial charge is 0.287 e. The molecule has 11 nitrogen and oxygen atoms in total. The second-order valence-corrected chi connectivity index (χ2v) is 15.2. The van der Waals surface area contributed by atoms with Gasteiger partial charge in [-0.2, -0.15) is 0 Å². The van der Waals surface area contributed by atoms with Gasteiger partial charge in [0.15, 0.2) is 11.2 Å². The molecule has 0 bridgehead atoms. The Balaban J connectivity index is 1.18. The van der Waals surface area contributed by atoms with Gasteiger partial charge in [0.25, 0.3) is 5.91 Å². The van der Waals surface area contributed by atoms with E-state index in [-0.39, 0.29) is 46.6 Å². The maximum atomic E-state index is 14.1. The SMILES string of the molecule is CS(=O)(=O)Nc1ccc2oc(C(=O)N[C@H](Cc3ccc(Cl)cc3)C(=O)N3CCC(c4ccccc4CN4CCCCC4=O)CC3)cc(=O)c2c1. The Kier molecular flexibility index (Phi) is 10.6. The summed E-state index contributed by atoms with van der Waals surface area (Å²) in [6.07, 6.45) is 5.19. The lowest BCUT2D eigenvalue weighted by atomic mass is 9.86. The molecular weight excluding hydrogens is 680 g/mol. The lowest BCUT2D eigenvalue weighted by molar-refractivity contribution is -0.135. The average Bonchev–Trinajstić information content (AvgIpc) is 3.09. The molecule has 50 heavy (non-hydrogen) atoms. The molecule has 3 aromatic carbocycles. The summed E-state index contributed by atoms with van der Waals surface area (Å²) in [5.74, 6) is -0.842. The van der Waals surface area contributed by atoms with Gasteiger partial charge in [-0.05, 0) is 78.6 Å². The number of hydrogen-bond donors (Lipinski definition) is 2. The van der Waals surface area contributed by atoms with Crippen LogP contribution in [0.3, 0.4) is 0 Å². The first-order chi connectivity index (χ1) is 23.9. The van der Waals surface area contributed by atoms with E-state index in [0.717, 1.165) is 55.7 Å². The Labute approximate surface area is 295 Å². The fourth-order valence-corrected chi connectivity index (χ4v) is 7.45. The summed E-state index contributed by atoms with van der Waals surface area (Å²) in [7, 11) is -3.57. The lowest BCUT2D eigenvalue weighted by Crippen LogP contribution is -2.51. The number of carbonyl (C=O) groups excluding carboxylic acids is 3. The van der Waals surface area contributed by atoms with E-state index in [1.807, 2.05) is 17.0 Å². The van der Waals surface area contributed by atoms with Gasteiger partial charge in [0.05, 0.1) is 11.6 Å². The summed E-state index contributed by atoms with van der Waals surface area (Å²) >= 11 is 6.10. The molecule has 3 heterocycles. The number of hydrogen-bond acceptors (Lipinski definition) is 7. The largest absolute Gasteiger partial charge is 0.451 e. The molecule has 1 atom stereocenters. The highest BCUT2D eigenvalue weighted by molar-refractivity contribution is 7.92. The quantitative estimate of drug-likeness (QED) is 0.233. The van der Waals surface area contributed by atoms with E-state index >= 15 is 0 Å². The lowest BCUT2D eigenvalue weighted by Gasteiger charge is -2.36. The van der Waals surface area contributed by atoms with E-state index in [1.165, 1.54) is 23.8 Å². The van der Waals surface area contributed by atoms with Gasteiger partial charge in [-0.15, -0.1) is 0 Å². The molecule has 0 spiro atoms. The van der Waals surface area contributed by atoms with Gasteiger partial charge >= 0.3 is 0 Å². The highest BCUT2D eigenvalue weighted by atomic mass is 35.5. The highest BCUT2D eigenvalue weighted by Gasteiger charge is 2.32. The number of anilines is 1. The molecule has 0 aliphatic carbocycles. The van der Waals surface area contributed by atoms with Crippen LogP contribution >= 0.6 is 11.6 Å². The van der Waals surface area contributed by atoms with Gasteiger partial charge in [0.2, 0.25) is 21.8 Å². The molecule has 1 aromatic heterocycles. The zero-order chi connectivity index (χ0) is 35.4. The van der Waals surface area contributed by atoms with E-state index in [0.29, 0.717) is 31.1 Å². The fraction of sp³-hybridized carbons (Fsp3) is 0.351. The van der Waals surface area contributed by atoms with Crippen molar-refractivity contribution in [3.05, 3.63) is 110 Å². The average molecular weight is 719 g/mol. The first kappa shape index (κ1) is 35.2. The second-order valence-electron chi connectivity index (χ2n) is 13.0. The normalized spacial score (nSPS) is 16.3. The van der Waals surface area contributed by atoms with E-state index < -0.39 is 27.4 Å². The molecule has 262 valence electrons. The third kappa shape index (κ3) is 8.54. The van der Waals surface area contributed by atoms with Gasteiger partial charge in [-0.1, -0.05) is 48.0 Å². The Morgan fingerprint density at radius 1 is 0.960 bits per heavy atom. The number of sulfonamides is 1. The van der Waals surface area contributed by atoms with Crippen molar-refractivity contribution in [2.24, 2.45) is 0 Å². The summed E-state index contributed by atoms with van der Waals surface area (Å²) in [6.45, 7) is 2.34. The number of likely N-dealkylation sites (tertiary alicyclic amines) is 2. The van der Waals surface area contributed by atoms with Gasteiger partial charge in [0, 0.05) is 55.8 Å². The van der Waals surface area contributed by atoms with Crippen LogP contribution in [0.25, 0.3) is 11.0 Å². The third-order valence-corrected chi connectivity index (χ3v) is 10.2. The molecule has 6 rings (SSSR count). The van der Waals surface area contributed by atoms with Gasteiger partial charge < -0.3 is 19.5 Å². The van der Waals surface area contributed by atoms with Crippen molar-refractivity contribution < 1.29 is 27.2 Å². The molecule has 2 fully saturated rings. The predicted octanol–water partition coefficient (Wildman–Crippen LogP) is 5.08. The maximum absolute atomic E-state index is 14.1. The van der Waals surface area contributed by atoms with Gasteiger partial charge in [0.1, 0.15) is 11.6 Å². The summed E-state index contributed by atoms with van der Waals surface area (Å²) in [5, 5.41) is 3.44. The zero-order valence-corrected chi connectivity index (χ0v) is 29.3. The first-order valence-electron chi connectivity index (χ1n) is 16.7. The number of piperidine rings is 2. The number of halogens is 1. The number of amides is 3. The summed E-state index contributed by atoms with van der Waals surface area (Å²) in [6, 6.07) is 19.5. The van der Waals surface area contributed by atoms with E-state index in [4.69, 9.17) is 16.0 Å². The number of benzene rings is 3. The minimum Gasteiger partial charge on any atom is -0.451 e. The van der Waals surface area contributed by atoms with Crippen molar-refractivity contribution in [3.8, 4) is 0 Å². The van der Waals surface area contributed by atoms with Crippen molar-refractivity contribution in [2.75, 3.05) is 30.6 Å². The fourth-order valence-electron chi connectivity index (χ4n) is 6.77. The van der Waals surface area contributed by atoms with Crippen LogP contribution in [0.1, 0.15) is 65.3 Å². The maximum Gasteiger partial charge on any atom is 0.287 e. The van der Waals surface area contributed by atoms with E-state index in [2.05, 4.69) is 22.2 Å². The molecule has 0 saturated carbocycles. The second kappa shape index (κ2) is 15.1. The molecule has 0 unspecified atom stereocenters. The number of nitrogens with one attached hydrogen (secondary N) is 2.